The number of amides is 1. The molecule has 1 aliphatic rings. The molecule has 1 saturated heterocycles. The lowest BCUT2D eigenvalue weighted by molar-refractivity contribution is -0.149. The van der Waals surface area contributed by atoms with Crippen LogP contribution >= 0.6 is 0 Å². The topological polar surface area (TPSA) is 54.6 Å². The van der Waals surface area contributed by atoms with E-state index in [1.165, 1.54) is 0 Å². The van der Waals surface area contributed by atoms with Crippen LogP contribution in [0.1, 0.15) is 13.8 Å². The molecule has 0 atom stereocenters. The van der Waals surface area contributed by atoms with E-state index in [1.807, 2.05) is 44.3 Å². The number of morpholine rings is 1. The zero-order valence-corrected chi connectivity index (χ0v) is 12.4. The number of H-pyrrole nitrogens is 1. The van der Waals surface area contributed by atoms with Gasteiger partial charge in [0, 0.05) is 24.7 Å². The van der Waals surface area contributed by atoms with Crippen LogP contribution in [0.3, 0.4) is 0 Å². The van der Waals surface area contributed by atoms with Crippen LogP contribution < -0.4 is 4.74 Å². The summed E-state index contributed by atoms with van der Waals surface area (Å²) in [5, 5.41) is 1.07. The molecule has 1 aromatic carbocycles. The van der Waals surface area contributed by atoms with Gasteiger partial charge in [0.15, 0.2) is 5.60 Å². The second kappa shape index (κ2) is 5.41. The summed E-state index contributed by atoms with van der Waals surface area (Å²) in [6.45, 7) is 6.05. The molecule has 2 aromatic rings. The minimum atomic E-state index is -0.906. The van der Waals surface area contributed by atoms with E-state index < -0.39 is 5.60 Å². The number of benzene rings is 1. The van der Waals surface area contributed by atoms with Gasteiger partial charge in [-0.25, -0.2) is 0 Å². The lowest BCUT2D eigenvalue weighted by Crippen LogP contribution is -2.52. The van der Waals surface area contributed by atoms with Crippen LogP contribution in [-0.4, -0.2) is 47.7 Å². The van der Waals surface area contributed by atoms with Gasteiger partial charge < -0.3 is 19.4 Å². The quantitative estimate of drug-likeness (QED) is 0.942. The summed E-state index contributed by atoms with van der Waals surface area (Å²) in [6, 6.07) is 7.81. The molecule has 5 nitrogen and oxygen atoms in total. The van der Waals surface area contributed by atoms with Crippen LogP contribution in [0.15, 0.2) is 30.5 Å². The molecule has 0 bridgehead atoms. The highest BCUT2D eigenvalue weighted by atomic mass is 16.5. The molecule has 1 amide bonds. The Morgan fingerprint density at radius 3 is 2.81 bits per heavy atom. The third kappa shape index (κ3) is 2.74. The maximum Gasteiger partial charge on any atom is 0.266 e. The van der Waals surface area contributed by atoms with Gasteiger partial charge in [-0.1, -0.05) is 12.1 Å². The molecule has 1 aliphatic heterocycles. The standard InChI is InChI=1S/C16H20N2O3/c1-16(2,15(19)18-8-10-20-11-9-18)21-13-5-3-4-12-6-7-17-14(12)13/h3-7,17H,8-11H2,1-2H3. The number of aromatic nitrogens is 1. The summed E-state index contributed by atoms with van der Waals surface area (Å²) in [7, 11) is 0. The fourth-order valence-corrected chi connectivity index (χ4v) is 2.61. The normalized spacial score (nSPS) is 16.2. The predicted molar refractivity (Wildman–Crippen MR) is 80.4 cm³/mol. The Bertz CT molecular complexity index is 642. The molecule has 0 radical (unpaired) electrons. The summed E-state index contributed by atoms with van der Waals surface area (Å²) >= 11 is 0. The van der Waals surface area contributed by atoms with Gasteiger partial charge in [-0.05, 0) is 26.0 Å². The van der Waals surface area contributed by atoms with E-state index in [9.17, 15) is 4.79 Å². The number of para-hydroxylation sites is 1. The number of carbonyl (C=O) groups is 1. The number of fused-ring (bicyclic) bond motifs is 1. The van der Waals surface area contributed by atoms with Crippen molar-refractivity contribution in [3.8, 4) is 5.75 Å². The lowest BCUT2D eigenvalue weighted by Gasteiger charge is -2.34. The third-order valence-electron chi connectivity index (χ3n) is 3.73. The molecular formula is C16H20N2O3. The molecule has 1 fully saturated rings. The maximum atomic E-state index is 12.6. The Morgan fingerprint density at radius 2 is 2.05 bits per heavy atom. The molecule has 0 unspecified atom stereocenters. The van der Waals surface area contributed by atoms with Gasteiger partial charge in [0.1, 0.15) is 5.75 Å². The molecular weight excluding hydrogens is 268 g/mol. The van der Waals surface area contributed by atoms with Gasteiger partial charge in [0.2, 0.25) is 0 Å². The second-order valence-electron chi connectivity index (χ2n) is 5.71. The molecule has 0 saturated carbocycles. The number of hydrogen-bond donors (Lipinski definition) is 1. The first-order valence-electron chi connectivity index (χ1n) is 7.20. The molecule has 5 heteroatoms. The van der Waals surface area contributed by atoms with E-state index >= 15 is 0 Å². The zero-order chi connectivity index (χ0) is 14.9. The highest BCUT2D eigenvalue weighted by Crippen LogP contribution is 2.28. The number of nitrogens with zero attached hydrogens (tertiary/aromatic N) is 1. The van der Waals surface area contributed by atoms with Gasteiger partial charge >= 0.3 is 0 Å². The molecule has 1 N–H and O–H groups in total. The summed E-state index contributed by atoms with van der Waals surface area (Å²) in [5.41, 5.74) is 0.0110. The Hall–Kier alpha value is -2.01. The second-order valence-corrected chi connectivity index (χ2v) is 5.71. The van der Waals surface area contributed by atoms with Crippen LogP contribution in [0, 0.1) is 0 Å². The molecule has 0 spiro atoms. The van der Waals surface area contributed by atoms with Crippen molar-refractivity contribution in [2.75, 3.05) is 26.3 Å². The fourth-order valence-electron chi connectivity index (χ4n) is 2.61. The Morgan fingerprint density at radius 1 is 1.29 bits per heavy atom. The number of aromatic amines is 1. The van der Waals surface area contributed by atoms with E-state index in [1.54, 1.807) is 4.90 Å². The first-order chi connectivity index (χ1) is 10.1. The van der Waals surface area contributed by atoms with Crippen molar-refractivity contribution in [2.24, 2.45) is 0 Å². The number of hydrogen-bond acceptors (Lipinski definition) is 3. The van der Waals surface area contributed by atoms with Gasteiger partial charge in [0.05, 0.1) is 18.7 Å². The lowest BCUT2D eigenvalue weighted by atomic mass is 10.1. The average molecular weight is 288 g/mol. The fraction of sp³-hybridized carbons (Fsp3) is 0.438. The third-order valence-corrected chi connectivity index (χ3v) is 3.73. The van der Waals surface area contributed by atoms with E-state index in [2.05, 4.69) is 4.98 Å². The molecule has 2 heterocycles. The summed E-state index contributed by atoms with van der Waals surface area (Å²) in [6.07, 6.45) is 1.87. The Balaban J connectivity index is 1.81. The Labute approximate surface area is 123 Å². The van der Waals surface area contributed by atoms with E-state index in [0.29, 0.717) is 32.1 Å². The first-order valence-corrected chi connectivity index (χ1v) is 7.20. The summed E-state index contributed by atoms with van der Waals surface area (Å²) in [4.78, 5) is 17.6. The van der Waals surface area contributed by atoms with Gasteiger partial charge in [0.25, 0.3) is 5.91 Å². The average Bonchev–Trinajstić information content (AvgIpc) is 2.97. The molecule has 21 heavy (non-hydrogen) atoms. The molecule has 3 rings (SSSR count). The number of rotatable bonds is 3. The van der Waals surface area contributed by atoms with E-state index in [0.717, 1.165) is 10.9 Å². The van der Waals surface area contributed by atoms with Crippen LogP contribution in [-0.2, 0) is 9.53 Å². The van der Waals surface area contributed by atoms with Crippen molar-refractivity contribution in [3.63, 3.8) is 0 Å². The van der Waals surface area contributed by atoms with Crippen molar-refractivity contribution in [1.29, 1.82) is 0 Å². The molecule has 112 valence electrons. The van der Waals surface area contributed by atoms with Crippen LogP contribution in [0.5, 0.6) is 5.75 Å². The number of carbonyl (C=O) groups excluding carboxylic acids is 1. The van der Waals surface area contributed by atoms with Gasteiger partial charge in [-0.15, -0.1) is 0 Å². The van der Waals surface area contributed by atoms with Crippen molar-refractivity contribution < 1.29 is 14.3 Å². The van der Waals surface area contributed by atoms with Crippen LogP contribution in [0.4, 0.5) is 0 Å². The summed E-state index contributed by atoms with van der Waals surface area (Å²) in [5.74, 6) is 0.693. The maximum absolute atomic E-state index is 12.6. The van der Waals surface area contributed by atoms with Crippen molar-refractivity contribution >= 4 is 16.8 Å². The van der Waals surface area contributed by atoms with Crippen molar-refractivity contribution in [1.82, 2.24) is 9.88 Å². The highest BCUT2D eigenvalue weighted by molar-refractivity contribution is 5.88. The smallest absolute Gasteiger partial charge is 0.266 e. The summed E-state index contributed by atoms with van der Waals surface area (Å²) < 4.78 is 11.3. The predicted octanol–water partition coefficient (Wildman–Crippen LogP) is 2.18. The number of ether oxygens (including phenoxy) is 2. The minimum Gasteiger partial charge on any atom is -0.476 e. The van der Waals surface area contributed by atoms with E-state index in [4.69, 9.17) is 9.47 Å². The van der Waals surface area contributed by atoms with Gasteiger partial charge in [-0.2, -0.15) is 0 Å². The van der Waals surface area contributed by atoms with Crippen LogP contribution in [0.25, 0.3) is 10.9 Å². The van der Waals surface area contributed by atoms with Crippen molar-refractivity contribution in [2.45, 2.75) is 19.4 Å². The monoisotopic (exact) mass is 288 g/mol. The first kappa shape index (κ1) is 13.9. The molecule has 0 aliphatic carbocycles. The van der Waals surface area contributed by atoms with Gasteiger partial charge in [-0.3, -0.25) is 4.79 Å². The van der Waals surface area contributed by atoms with E-state index in [-0.39, 0.29) is 5.91 Å². The zero-order valence-electron chi connectivity index (χ0n) is 12.4. The minimum absolute atomic E-state index is 0.00522. The van der Waals surface area contributed by atoms with Crippen molar-refractivity contribution in [3.05, 3.63) is 30.5 Å². The molecule has 1 aromatic heterocycles. The van der Waals surface area contributed by atoms with Crippen LogP contribution in [0.2, 0.25) is 0 Å². The SMILES string of the molecule is CC(C)(Oc1cccc2cc[nH]c12)C(=O)N1CCOCC1. The Kier molecular flexibility index (Phi) is 3.59. The number of nitrogens with one attached hydrogen (secondary N) is 1. The largest absolute Gasteiger partial charge is 0.476 e. The highest BCUT2D eigenvalue weighted by Gasteiger charge is 2.35.